The first kappa shape index (κ1) is 29.2. The summed E-state index contributed by atoms with van der Waals surface area (Å²) in [6.45, 7) is 6.95. The lowest BCUT2D eigenvalue weighted by Gasteiger charge is -2.32. The zero-order valence-electron chi connectivity index (χ0n) is 22.1. The Morgan fingerprint density at radius 1 is 0.921 bits per heavy atom. The standard InChI is InChI=1S/C29H34ClN3O4S/c1-5-22(3)31-29(35)23(4)32(19-24-11-7-6-8-12-24)28(34)20-33(27-14-10-9-13-26(27)30)38(36,37)25-17-15-21(2)16-18-25/h6-18,22-23H,5,19-20H2,1-4H3,(H,31,35). The fourth-order valence-corrected chi connectivity index (χ4v) is 5.55. The number of sulfonamides is 1. The van der Waals surface area contributed by atoms with Crippen LogP contribution in [0.2, 0.25) is 5.02 Å². The van der Waals surface area contributed by atoms with Gasteiger partial charge in [-0.1, -0.05) is 78.7 Å². The second-order valence-corrected chi connectivity index (χ2v) is 11.5. The number of hydrogen-bond donors (Lipinski definition) is 1. The number of carbonyl (C=O) groups excluding carboxylic acids is 2. The van der Waals surface area contributed by atoms with Crippen molar-refractivity contribution < 1.29 is 18.0 Å². The lowest BCUT2D eigenvalue weighted by molar-refractivity contribution is -0.139. The molecule has 2 atom stereocenters. The number of aryl methyl sites for hydroxylation is 1. The highest BCUT2D eigenvalue weighted by atomic mass is 35.5. The zero-order valence-corrected chi connectivity index (χ0v) is 23.7. The summed E-state index contributed by atoms with van der Waals surface area (Å²) in [5.41, 5.74) is 1.90. The quantitative estimate of drug-likeness (QED) is 0.353. The van der Waals surface area contributed by atoms with Gasteiger partial charge in [-0.2, -0.15) is 0 Å². The molecule has 2 amide bonds. The van der Waals surface area contributed by atoms with Crippen molar-refractivity contribution in [2.75, 3.05) is 10.8 Å². The molecule has 0 heterocycles. The highest BCUT2D eigenvalue weighted by Crippen LogP contribution is 2.30. The highest BCUT2D eigenvalue weighted by molar-refractivity contribution is 7.92. The Bertz CT molecular complexity index is 1350. The van der Waals surface area contributed by atoms with Gasteiger partial charge in [0.15, 0.2) is 0 Å². The number of nitrogens with one attached hydrogen (secondary N) is 1. The van der Waals surface area contributed by atoms with Gasteiger partial charge >= 0.3 is 0 Å². The molecule has 3 aromatic rings. The summed E-state index contributed by atoms with van der Waals surface area (Å²) in [6, 6.07) is 21.2. The van der Waals surface area contributed by atoms with Gasteiger partial charge < -0.3 is 10.2 Å². The molecule has 3 aromatic carbocycles. The number of para-hydroxylation sites is 1. The van der Waals surface area contributed by atoms with E-state index in [1.807, 2.05) is 51.1 Å². The molecule has 0 saturated heterocycles. The molecule has 3 rings (SSSR count). The van der Waals surface area contributed by atoms with Crippen molar-refractivity contribution in [3.8, 4) is 0 Å². The van der Waals surface area contributed by atoms with Crippen LogP contribution in [-0.2, 0) is 26.2 Å². The molecule has 202 valence electrons. The molecule has 0 aliphatic carbocycles. The van der Waals surface area contributed by atoms with Gasteiger partial charge in [-0.05, 0) is 57.0 Å². The molecule has 0 aliphatic rings. The largest absolute Gasteiger partial charge is 0.352 e. The molecule has 9 heteroatoms. The van der Waals surface area contributed by atoms with Crippen molar-refractivity contribution in [1.29, 1.82) is 0 Å². The molecule has 7 nitrogen and oxygen atoms in total. The van der Waals surface area contributed by atoms with Gasteiger partial charge in [-0.25, -0.2) is 8.42 Å². The molecule has 0 bridgehead atoms. The van der Waals surface area contributed by atoms with E-state index in [9.17, 15) is 18.0 Å². The van der Waals surface area contributed by atoms with E-state index >= 15 is 0 Å². The molecule has 0 spiro atoms. The number of anilines is 1. The van der Waals surface area contributed by atoms with Crippen LogP contribution in [0.3, 0.4) is 0 Å². The number of nitrogens with zero attached hydrogens (tertiary/aromatic N) is 2. The Morgan fingerprint density at radius 3 is 2.13 bits per heavy atom. The molecule has 0 aromatic heterocycles. The summed E-state index contributed by atoms with van der Waals surface area (Å²) < 4.78 is 28.6. The summed E-state index contributed by atoms with van der Waals surface area (Å²) in [5, 5.41) is 3.11. The van der Waals surface area contributed by atoms with Crippen LogP contribution in [0, 0.1) is 6.92 Å². The van der Waals surface area contributed by atoms with Gasteiger partial charge in [0, 0.05) is 12.6 Å². The second kappa shape index (κ2) is 12.9. The zero-order chi connectivity index (χ0) is 27.9. The Balaban J connectivity index is 2.02. The predicted octanol–water partition coefficient (Wildman–Crippen LogP) is 5.18. The van der Waals surface area contributed by atoms with Gasteiger partial charge in [0.1, 0.15) is 12.6 Å². The Kier molecular flexibility index (Phi) is 9.94. The first-order valence-electron chi connectivity index (χ1n) is 12.5. The van der Waals surface area contributed by atoms with Crippen molar-refractivity contribution in [3.05, 3.63) is 95.0 Å². The summed E-state index contributed by atoms with van der Waals surface area (Å²) in [6.07, 6.45) is 0.736. The van der Waals surface area contributed by atoms with Crippen LogP contribution >= 0.6 is 11.6 Å². The molecular formula is C29H34ClN3O4S. The van der Waals surface area contributed by atoms with E-state index in [1.165, 1.54) is 17.0 Å². The minimum atomic E-state index is -4.16. The smallest absolute Gasteiger partial charge is 0.264 e. The van der Waals surface area contributed by atoms with Crippen LogP contribution in [-0.4, -0.2) is 43.8 Å². The third-order valence-electron chi connectivity index (χ3n) is 6.37. The van der Waals surface area contributed by atoms with E-state index < -0.39 is 28.5 Å². The monoisotopic (exact) mass is 555 g/mol. The fraction of sp³-hybridized carbons (Fsp3) is 0.310. The molecule has 2 unspecified atom stereocenters. The number of benzene rings is 3. The van der Waals surface area contributed by atoms with Crippen LogP contribution < -0.4 is 9.62 Å². The first-order chi connectivity index (χ1) is 18.0. The molecule has 1 N–H and O–H groups in total. The average molecular weight is 556 g/mol. The van der Waals surface area contributed by atoms with Crippen LogP contribution in [0.25, 0.3) is 0 Å². The number of rotatable bonds is 11. The van der Waals surface area contributed by atoms with Crippen LogP contribution in [0.15, 0.2) is 83.8 Å². The number of hydrogen-bond acceptors (Lipinski definition) is 4. The van der Waals surface area contributed by atoms with E-state index in [2.05, 4.69) is 5.32 Å². The van der Waals surface area contributed by atoms with Crippen molar-refractivity contribution in [1.82, 2.24) is 10.2 Å². The maximum absolute atomic E-state index is 13.9. The molecule has 0 saturated carbocycles. The van der Waals surface area contributed by atoms with Gasteiger partial charge in [-0.3, -0.25) is 13.9 Å². The van der Waals surface area contributed by atoms with Crippen molar-refractivity contribution in [2.45, 2.75) is 57.6 Å². The highest BCUT2D eigenvalue weighted by Gasteiger charge is 2.33. The number of carbonyl (C=O) groups is 2. The molecular weight excluding hydrogens is 522 g/mol. The predicted molar refractivity (Wildman–Crippen MR) is 152 cm³/mol. The third kappa shape index (κ3) is 7.14. The average Bonchev–Trinajstić information content (AvgIpc) is 2.91. The van der Waals surface area contributed by atoms with Gasteiger partial charge in [0.2, 0.25) is 11.8 Å². The van der Waals surface area contributed by atoms with Crippen molar-refractivity contribution >= 4 is 39.1 Å². The maximum Gasteiger partial charge on any atom is 0.264 e. The summed E-state index contributed by atoms with van der Waals surface area (Å²) in [7, 11) is -4.16. The lowest BCUT2D eigenvalue weighted by Crippen LogP contribution is -2.52. The minimum Gasteiger partial charge on any atom is -0.352 e. The van der Waals surface area contributed by atoms with Crippen LogP contribution in [0.1, 0.15) is 38.3 Å². The summed E-state index contributed by atoms with van der Waals surface area (Å²) >= 11 is 6.42. The summed E-state index contributed by atoms with van der Waals surface area (Å²) in [5.74, 6) is -0.842. The van der Waals surface area contributed by atoms with Gasteiger partial charge in [-0.15, -0.1) is 0 Å². The second-order valence-electron chi connectivity index (χ2n) is 9.28. The van der Waals surface area contributed by atoms with Crippen molar-refractivity contribution in [2.24, 2.45) is 0 Å². The summed E-state index contributed by atoms with van der Waals surface area (Å²) in [4.78, 5) is 28.4. The number of halogens is 1. The molecule has 0 aliphatic heterocycles. The third-order valence-corrected chi connectivity index (χ3v) is 8.47. The Labute approximate surface area is 230 Å². The number of amides is 2. The van der Waals surface area contributed by atoms with Crippen LogP contribution in [0.4, 0.5) is 5.69 Å². The van der Waals surface area contributed by atoms with E-state index in [0.29, 0.717) is 0 Å². The van der Waals surface area contributed by atoms with E-state index in [-0.39, 0.29) is 34.1 Å². The van der Waals surface area contributed by atoms with Gasteiger partial charge in [0.25, 0.3) is 10.0 Å². The van der Waals surface area contributed by atoms with Crippen molar-refractivity contribution in [3.63, 3.8) is 0 Å². The first-order valence-corrected chi connectivity index (χ1v) is 14.3. The fourth-order valence-electron chi connectivity index (χ4n) is 3.83. The van der Waals surface area contributed by atoms with Crippen LogP contribution in [0.5, 0.6) is 0 Å². The molecule has 0 radical (unpaired) electrons. The molecule has 38 heavy (non-hydrogen) atoms. The minimum absolute atomic E-state index is 0.0352. The van der Waals surface area contributed by atoms with E-state index in [1.54, 1.807) is 43.3 Å². The SMILES string of the molecule is CCC(C)NC(=O)C(C)N(Cc1ccccc1)C(=O)CN(c1ccccc1Cl)S(=O)(=O)c1ccc(C)cc1. The normalized spacial score (nSPS) is 12.9. The maximum atomic E-state index is 13.9. The van der Waals surface area contributed by atoms with E-state index in [4.69, 9.17) is 11.6 Å². The topological polar surface area (TPSA) is 86.8 Å². The van der Waals surface area contributed by atoms with Gasteiger partial charge in [0.05, 0.1) is 15.6 Å². The van der Waals surface area contributed by atoms with E-state index in [0.717, 1.165) is 21.9 Å². The Hall–Kier alpha value is -3.36. The lowest BCUT2D eigenvalue weighted by atomic mass is 10.1. The molecule has 0 fully saturated rings. The Morgan fingerprint density at radius 2 is 1.53 bits per heavy atom.